The Kier molecular flexibility index (Phi) is 2.99. The van der Waals surface area contributed by atoms with Gasteiger partial charge in [-0.05, 0) is 0 Å². The number of aliphatic hydroxyl groups excluding tert-OH is 4. The van der Waals surface area contributed by atoms with Gasteiger partial charge in [-0.1, -0.05) is 0 Å². The molecule has 1 aliphatic rings. The van der Waals surface area contributed by atoms with E-state index >= 15 is 0 Å². The van der Waals surface area contributed by atoms with Crippen LogP contribution in [0.5, 0.6) is 0 Å². The minimum atomic E-state index is -1.37. The first kappa shape index (κ1) is 9.85. The van der Waals surface area contributed by atoms with E-state index in [4.69, 9.17) is 25.8 Å². The molecule has 6 N–H and O–H groups in total. The molecular formula is C6H13NO5. The zero-order valence-corrected chi connectivity index (χ0v) is 6.37. The molecule has 1 aliphatic heterocycles. The summed E-state index contributed by atoms with van der Waals surface area (Å²) in [5.74, 6) is 0. The maximum atomic E-state index is 9.18. The standard InChI is InChI=1S/C6H13NO5/c7-6-5(11)4(10)3(9)2(1-8)12-6/h2-6,8-11H,1,7H2/t2-,3-,4-,5+,6+/m0/s1. The fourth-order valence-electron chi connectivity index (χ4n) is 1.13. The van der Waals surface area contributed by atoms with Crippen LogP contribution in [-0.4, -0.2) is 57.7 Å². The average molecular weight is 179 g/mol. The number of rotatable bonds is 1. The van der Waals surface area contributed by atoms with Crippen LogP contribution in [0, 0.1) is 0 Å². The van der Waals surface area contributed by atoms with Crippen molar-refractivity contribution in [2.24, 2.45) is 5.73 Å². The van der Waals surface area contributed by atoms with E-state index in [2.05, 4.69) is 0 Å². The average Bonchev–Trinajstić information content (AvgIpc) is 2.08. The quantitative estimate of drug-likeness (QED) is 0.288. The van der Waals surface area contributed by atoms with Crippen LogP contribution in [0.15, 0.2) is 0 Å². The number of aliphatic hydroxyl groups is 4. The summed E-state index contributed by atoms with van der Waals surface area (Å²) in [5.41, 5.74) is 5.24. The minimum Gasteiger partial charge on any atom is -0.394 e. The third-order valence-corrected chi connectivity index (χ3v) is 1.93. The molecule has 0 bridgehead atoms. The monoisotopic (exact) mass is 179 g/mol. The molecule has 12 heavy (non-hydrogen) atoms. The second-order valence-corrected chi connectivity index (χ2v) is 2.79. The van der Waals surface area contributed by atoms with Gasteiger partial charge in [0.25, 0.3) is 0 Å². The number of hydrogen-bond donors (Lipinski definition) is 5. The van der Waals surface area contributed by atoms with Crippen molar-refractivity contribution < 1.29 is 25.2 Å². The third kappa shape index (κ3) is 1.58. The zero-order valence-electron chi connectivity index (χ0n) is 6.37. The van der Waals surface area contributed by atoms with Crippen LogP contribution in [-0.2, 0) is 4.74 Å². The van der Waals surface area contributed by atoms with Gasteiger partial charge in [0.15, 0.2) is 0 Å². The van der Waals surface area contributed by atoms with Gasteiger partial charge in [0.2, 0.25) is 0 Å². The van der Waals surface area contributed by atoms with Crippen molar-refractivity contribution in [2.45, 2.75) is 30.6 Å². The van der Waals surface area contributed by atoms with E-state index < -0.39 is 37.3 Å². The summed E-state index contributed by atoms with van der Waals surface area (Å²) >= 11 is 0. The van der Waals surface area contributed by atoms with Crippen LogP contribution in [0.1, 0.15) is 0 Å². The van der Waals surface area contributed by atoms with Crippen molar-refractivity contribution in [3.63, 3.8) is 0 Å². The van der Waals surface area contributed by atoms with Crippen LogP contribution < -0.4 is 5.73 Å². The van der Waals surface area contributed by atoms with Gasteiger partial charge in [-0.3, -0.25) is 0 Å². The predicted octanol–water partition coefficient (Wildman–Crippen LogP) is -3.25. The largest absolute Gasteiger partial charge is 0.394 e. The smallest absolute Gasteiger partial charge is 0.135 e. The highest BCUT2D eigenvalue weighted by molar-refractivity contribution is 4.89. The van der Waals surface area contributed by atoms with E-state index in [1.54, 1.807) is 0 Å². The molecule has 1 saturated heterocycles. The molecule has 6 heteroatoms. The van der Waals surface area contributed by atoms with Crippen molar-refractivity contribution in [1.82, 2.24) is 0 Å². The first-order valence-electron chi connectivity index (χ1n) is 3.64. The molecule has 0 aromatic heterocycles. The summed E-state index contributed by atoms with van der Waals surface area (Å²) in [5, 5.41) is 36.1. The van der Waals surface area contributed by atoms with E-state index in [9.17, 15) is 5.11 Å². The molecule has 1 heterocycles. The highest BCUT2D eigenvalue weighted by atomic mass is 16.6. The fraction of sp³-hybridized carbons (Fsp3) is 1.00. The normalized spacial score (nSPS) is 49.2. The first-order chi connectivity index (χ1) is 5.57. The Morgan fingerprint density at radius 3 is 2.17 bits per heavy atom. The van der Waals surface area contributed by atoms with Crippen LogP contribution in [0.25, 0.3) is 0 Å². The fourth-order valence-corrected chi connectivity index (χ4v) is 1.13. The maximum Gasteiger partial charge on any atom is 0.135 e. The molecule has 0 amide bonds. The van der Waals surface area contributed by atoms with E-state index in [1.165, 1.54) is 0 Å². The molecule has 0 saturated carbocycles. The lowest BCUT2D eigenvalue weighted by Crippen LogP contribution is -2.61. The van der Waals surface area contributed by atoms with E-state index in [0.29, 0.717) is 0 Å². The van der Waals surface area contributed by atoms with E-state index in [1.807, 2.05) is 0 Å². The van der Waals surface area contributed by atoms with Crippen LogP contribution >= 0.6 is 0 Å². The minimum absolute atomic E-state index is 0.446. The molecule has 1 rings (SSSR count). The Balaban J connectivity index is 2.63. The molecule has 6 nitrogen and oxygen atoms in total. The highest BCUT2D eigenvalue weighted by Crippen LogP contribution is 2.17. The van der Waals surface area contributed by atoms with Crippen LogP contribution in [0.3, 0.4) is 0 Å². The van der Waals surface area contributed by atoms with Gasteiger partial charge in [0, 0.05) is 0 Å². The van der Waals surface area contributed by atoms with Gasteiger partial charge < -0.3 is 30.9 Å². The Hall–Kier alpha value is -0.240. The topological polar surface area (TPSA) is 116 Å². The molecule has 0 unspecified atom stereocenters. The van der Waals surface area contributed by atoms with Gasteiger partial charge in [-0.15, -0.1) is 0 Å². The second kappa shape index (κ2) is 3.65. The lowest BCUT2D eigenvalue weighted by Gasteiger charge is -2.38. The maximum absolute atomic E-state index is 9.18. The van der Waals surface area contributed by atoms with E-state index in [0.717, 1.165) is 0 Å². The first-order valence-corrected chi connectivity index (χ1v) is 3.64. The SMILES string of the molecule is N[C@@H]1O[C@@H](CO)[C@H](O)[C@H](O)[C@H]1O. The highest BCUT2D eigenvalue weighted by Gasteiger charge is 2.41. The van der Waals surface area contributed by atoms with Crippen LogP contribution in [0.4, 0.5) is 0 Å². The summed E-state index contributed by atoms with van der Waals surface area (Å²) in [4.78, 5) is 0. The Morgan fingerprint density at radius 1 is 1.08 bits per heavy atom. The van der Waals surface area contributed by atoms with Crippen molar-refractivity contribution >= 4 is 0 Å². The van der Waals surface area contributed by atoms with Gasteiger partial charge in [0.05, 0.1) is 6.61 Å². The number of ether oxygens (including phenoxy) is 1. The molecule has 0 aromatic rings. The van der Waals surface area contributed by atoms with Crippen LogP contribution in [0.2, 0.25) is 0 Å². The molecule has 0 radical (unpaired) electrons. The third-order valence-electron chi connectivity index (χ3n) is 1.93. The lowest BCUT2D eigenvalue weighted by molar-refractivity contribution is -0.227. The van der Waals surface area contributed by atoms with Crippen molar-refractivity contribution in [1.29, 1.82) is 0 Å². The van der Waals surface area contributed by atoms with Gasteiger partial charge in [-0.25, -0.2) is 0 Å². The number of nitrogens with two attached hydrogens (primary N) is 1. The predicted molar refractivity (Wildman–Crippen MR) is 38.0 cm³/mol. The molecular weight excluding hydrogens is 166 g/mol. The molecule has 0 aliphatic carbocycles. The van der Waals surface area contributed by atoms with Gasteiger partial charge >= 0.3 is 0 Å². The zero-order chi connectivity index (χ0) is 9.30. The molecule has 0 spiro atoms. The summed E-state index contributed by atoms with van der Waals surface area (Å²) in [6.07, 6.45) is -5.99. The van der Waals surface area contributed by atoms with Gasteiger partial charge in [0.1, 0.15) is 30.6 Å². The molecule has 72 valence electrons. The molecule has 1 fully saturated rings. The molecule has 5 atom stereocenters. The Morgan fingerprint density at radius 2 is 1.67 bits per heavy atom. The lowest BCUT2D eigenvalue weighted by atomic mass is 9.99. The Bertz CT molecular complexity index is 150. The van der Waals surface area contributed by atoms with Crippen molar-refractivity contribution in [3.8, 4) is 0 Å². The van der Waals surface area contributed by atoms with E-state index in [-0.39, 0.29) is 0 Å². The summed E-state index contributed by atoms with van der Waals surface area (Å²) in [6.45, 7) is -0.446. The summed E-state index contributed by atoms with van der Waals surface area (Å²) in [7, 11) is 0. The molecule has 0 aromatic carbocycles. The second-order valence-electron chi connectivity index (χ2n) is 2.79. The summed E-state index contributed by atoms with van der Waals surface area (Å²) < 4.78 is 4.80. The van der Waals surface area contributed by atoms with Crippen molar-refractivity contribution in [3.05, 3.63) is 0 Å². The van der Waals surface area contributed by atoms with Gasteiger partial charge in [-0.2, -0.15) is 0 Å². The Labute approximate surface area is 69.2 Å². The van der Waals surface area contributed by atoms with Crippen molar-refractivity contribution in [2.75, 3.05) is 6.61 Å². The number of hydrogen-bond acceptors (Lipinski definition) is 6. The summed E-state index contributed by atoms with van der Waals surface area (Å²) in [6, 6.07) is 0.